The van der Waals surface area contributed by atoms with Gasteiger partial charge in [0.15, 0.2) is 0 Å². The lowest BCUT2D eigenvalue weighted by molar-refractivity contribution is 0.0213. The molecule has 0 radical (unpaired) electrons. The molecule has 112 valence electrons. The van der Waals surface area contributed by atoms with Crippen LogP contribution in [0.2, 0.25) is 0 Å². The van der Waals surface area contributed by atoms with E-state index in [1.165, 1.54) is 12.3 Å². The quantitative estimate of drug-likeness (QED) is 0.711. The summed E-state index contributed by atoms with van der Waals surface area (Å²) in [6.45, 7) is 5.96. The predicted octanol–water partition coefficient (Wildman–Crippen LogP) is 1.74. The standard InChI is InChI=1S/C15H24N2O3/c1-4-6-15(20,7-5-2)10-17-14(19)12-9-16-13(18)8-11(12)3/h8-9,20H,4-7,10H2,1-3H3,(H,16,18)(H,17,19). The Morgan fingerprint density at radius 3 is 2.45 bits per heavy atom. The number of aliphatic hydroxyl groups is 1. The molecule has 1 rings (SSSR count). The Morgan fingerprint density at radius 2 is 1.95 bits per heavy atom. The van der Waals surface area contributed by atoms with Crippen molar-refractivity contribution in [1.29, 1.82) is 0 Å². The van der Waals surface area contributed by atoms with E-state index in [1.807, 2.05) is 13.8 Å². The third-order valence-electron chi connectivity index (χ3n) is 3.38. The van der Waals surface area contributed by atoms with Gasteiger partial charge in [0.2, 0.25) is 5.56 Å². The van der Waals surface area contributed by atoms with E-state index in [2.05, 4.69) is 10.3 Å². The zero-order valence-corrected chi connectivity index (χ0v) is 12.5. The van der Waals surface area contributed by atoms with E-state index in [0.29, 0.717) is 24.0 Å². The fourth-order valence-corrected chi connectivity index (χ4v) is 2.39. The van der Waals surface area contributed by atoms with E-state index in [1.54, 1.807) is 6.92 Å². The molecule has 0 aliphatic carbocycles. The number of hydrogen-bond acceptors (Lipinski definition) is 3. The summed E-state index contributed by atoms with van der Waals surface area (Å²) >= 11 is 0. The Morgan fingerprint density at radius 1 is 1.35 bits per heavy atom. The molecule has 0 atom stereocenters. The summed E-state index contributed by atoms with van der Waals surface area (Å²) in [5, 5.41) is 13.2. The molecule has 0 aliphatic rings. The first-order chi connectivity index (χ1) is 9.41. The van der Waals surface area contributed by atoms with Crippen LogP contribution in [-0.4, -0.2) is 28.1 Å². The van der Waals surface area contributed by atoms with E-state index in [-0.39, 0.29) is 18.0 Å². The third kappa shape index (κ3) is 4.49. The van der Waals surface area contributed by atoms with E-state index in [4.69, 9.17) is 0 Å². The van der Waals surface area contributed by atoms with Crippen LogP contribution < -0.4 is 10.9 Å². The molecule has 1 amide bonds. The van der Waals surface area contributed by atoms with Crippen molar-refractivity contribution in [3.8, 4) is 0 Å². The maximum Gasteiger partial charge on any atom is 0.253 e. The second kappa shape index (κ2) is 7.24. The molecule has 5 heteroatoms. The molecule has 0 unspecified atom stereocenters. The van der Waals surface area contributed by atoms with Crippen molar-refractivity contribution >= 4 is 5.91 Å². The van der Waals surface area contributed by atoms with Gasteiger partial charge in [0.05, 0.1) is 11.2 Å². The van der Waals surface area contributed by atoms with Gasteiger partial charge in [-0.3, -0.25) is 9.59 Å². The zero-order valence-electron chi connectivity index (χ0n) is 12.5. The van der Waals surface area contributed by atoms with Crippen LogP contribution in [0.3, 0.4) is 0 Å². The first-order valence-corrected chi connectivity index (χ1v) is 7.11. The molecule has 0 saturated carbocycles. The Labute approximate surface area is 119 Å². The summed E-state index contributed by atoms with van der Waals surface area (Å²) in [6.07, 6.45) is 4.46. The van der Waals surface area contributed by atoms with Gasteiger partial charge < -0.3 is 15.4 Å². The van der Waals surface area contributed by atoms with Crippen molar-refractivity contribution in [3.05, 3.63) is 33.7 Å². The lowest BCUT2D eigenvalue weighted by Gasteiger charge is -2.27. The van der Waals surface area contributed by atoms with Gasteiger partial charge >= 0.3 is 0 Å². The zero-order chi connectivity index (χ0) is 15.2. The largest absolute Gasteiger partial charge is 0.388 e. The van der Waals surface area contributed by atoms with Gasteiger partial charge in [-0.1, -0.05) is 26.7 Å². The minimum absolute atomic E-state index is 0.228. The molecular formula is C15H24N2O3. The number of H-pyrrole nitrogens is 1. The maximum absolute atomic E-state index is 12.1. The number of hydrogen-bond donors (Lipinski definition) is 3. The SMILES string of the molecule is CCCC(O)(CCC)CNC(=O)c1c[nH]c(=O)cc1C. The summed E-state index contributed by atoms with van der Waals surface area (Å²) in [5.74, 6) is -0.274. The molecular weight excluding hydrogens is 256 g/mol. The van der Waals surface area contributed by atoms with Crippen molar-refractivity contribution in [2.24, 2.45) is 0 Å². The summed E-state index contributed by atoms with van der Waals surface area (Å²) in [5.41, 5.74) is -0.0249. The minimum atomic E-state index is -0.852. The van der Waals surface area contributed by atoms with Gasteiger partial charge in [-0.25, -0.2) is 0 Å². The van der Waals surface area contributed by atoms with Crippen LogP contribution in [0.25, 0.3) is 0 Å². The molecule has 1 aromatic heterocycles. The normalized spacial score (nSPS) is 11.4. The van der Waals surface area contributed by atoms with Gasteiger partial charge in [-0.15, -0.1) is 0 Å². The van der Waals surface area contributed by atoms with E-state index < -0.39 is 5.60 Å². The monoisotopic (exact) mass is 280 g/mol. The molecule has 0 aromatic carbocycles. The highest BCUT2D eigenvalue weighted by Gasteiger charge is 2.25. The fourth-order valence-electron chi connectivity index (χ4n) is 2.39. The second-order valence-electron chi connectivity index (χ2n) is 5.30. The molecule has 0 aliphatic heterocycles. The summed E-state index contributed by atoms with van der Waals surface area (Å²) in [7, 11) is 0. The molecule has 20 heavy (non-hydrogen) atoms. The third-order valence-corrected chi connectivity index (χ3v) is 3.38. The van der Waals surface area contributed by atoms with Crippen molar-refractivity contribution in [3.63, 3.8) is 0 Å². The van der Waals surface area contributed by atoms with Crippen molar-refractivity contribution in [1.82, 2.24) is 10.3 Å². The van der Waals surface area contributed by atoms with Crippen LogP contribution in [-0.2, 0) is 0 Å². The van der Waals surface area contributed by atoms with Crippen LogP contribution in [0.15, 0.2) is 17.1 Å². The predicted molar refractivity (Wildman–Crippen MR) is 78.9 cm³/mol. The van der Waals surface area contributed by atoms with Crippen LogP contribution >= 0.6 is 0 Å². The number of carbonyl (C=O) groups excluding carboxylic acids is 1. The molecule has 1 heterocycles. The number of rotatable bonds is 7. The minimum Gasteiger partial charge on any atom is -0.388 e. The topological polar surface area (TPSA) is 82.2 Å². The molecule has 0 spiro atoms. The Hall–Kier alpha value is -1.62. The Kier molecular flexibility index (Phi) is 5.95. The highest BCUT2D eigenvalue weighted by Crippen LogP contribution is 2.18. The van der Waals surface area contributed by atoms with Crippen molar-refractivity contribution in [2.75, 3.05) is 6.54 Å². The van der Waals surface area contributed by atoms with Gasteiger partial charge in [0.25, 0.3) is 5.91 Å². The first kappa shape index (κ1) is 16.4. The molecule has 5 nitrogen and oxygen atoms in total. The summed E-state index contributed by atoms with van der Waals surface area (Å²) < 4.78 is 0. The second-order valence-corrected chi connectivity index (χ2v) is 5.30. The van der Waals surface area contributed by atoms with E-state index >= 15 is 0 Å². The highest BCUT2D eigenvalue weighted by molar-refractivity contribution is 5.95. The van der Waals surface area contributed by atoms with E-state index in [9.17, 15) is 14.7 Å². The average Bonchev–Trinajstić information content (AvgIpc) is 2.37. The van der Waals surface area contributed by atoms with E-state index in [0.717, 1.165) is 12.8 Å². The van der Waals surface area contributed by atoms with Gasteiger partial charge in [-0.2, -0.15) is 0 Å². The van der Waals surface area contributed by atoms with Gasteiger partial charge in [-0.05, 0) is 25.3 Å². The maximum atomic E-state index is 12.1. The molecule has 3 N–H and O–H groups in total. The Balaban J connectivity index is 2.72. The highest BCUT2D eigenvalue weighted by atomic mass is 16.3. The number of nitrogens with one attached hydrogen (secondary N) is 2. The lowest BCUT2D eigenvalue weighted by Crippen LogP contribution is -2.43. The van der Waals surface area contributed by atoms with Crippen LogP contribution in [0.4, 0.5) is 0 Å². The fraction of sp³-hybridized carbons (Fsp3) is 0.600. The first-order valence-electron chi connectivity index (χ1n) is 7.11. The molecule has 0 fully saturated rings. The summed E-state index contributed by atoms with van der Waals surface area (Å²) in [6, 6.07) is 1.39. The average molecular weight is 280 g/mol. The number of aryl methyl sites for hydroxylation is 1. The number of aromatic nitrogens is 1. The molecule has 0 saturated heterocycles. The smallest absolute Gasteiger partial charge is 0.253 e. The van der Waals surface area contributed by atoms with Gasteiger partial charge in [0.1, 0.15) is 0 Å². The van der Waals surface area contributed by atoms with Crippen molar-refractivity contribution in [2.45, 2.75) is 52.1 Å². The van der Waals surface area contributed by atoms with Crippen molar-refractivity contribution < 1.29 is 9.90 Å². The number of pyridine rings is 1. The molecule has 0 bridgehead atoms. The number of carbonyl (C=O) groups is 1. The Bertz CT molecular complexity index is 502. The number of amides is 1. The molecule has 1 aromatic rings. The van der Waals surface area contributed by atoms with Gasteiger partial charge in [0, 0.05) is 18.8 Å². The lowest BCUT2D eigenvalue weighted by atomic mass is 9.92. The van der Waals surface area contributed by atoms with Crippen LogP contribution in [0.1, 0.15) is 55.5 Å². The number of aromatic amines is 1. The summed E-state index contributed by atoms with van der Waals surface area (Å²) in [4.78, 5) is 25.7. The van der Waals surface area contributed by atoms with Crippen LogP contribution in [0, 0.1) is 6.92 Å². The van der Waals surface area contributed by atoms with Crippen LogP contribution in [0.5, 0.6) is 0 Å².